The Morgan fingerprint density at radius 2 is 1.77 bits per heavy atom. The first-order valence-corrected chi connectivity index (χ1v) is 14.7. The number of piperazine rings is 1. The lowest BCUT2D eigenvalue weighted by atomic mass is 9.90. The number of anilines is 3. The van der Waals surface area contributed by atoms with E-state index >= 15 is 4.39 Å². The minimum atomic E-state index is -4.60. The molecule has 4 aromatic rings. The maximum absolute atomic E-state index is 15.2. The van der Waals surface area contributed by atoms with Crippen molar-refractivity contribution < 1.29 is 22.4 Å². The predicted molar refractivity (Wildman–Crippen MR) is 160 cm³/mol. The lowest BCUT2D eigenvalue weighted by molar-refractivity contribution is -0.138. The minimum absolute atomic E-state index is 0.0427. The first kappa shape index (κ1) is 28.5. The Bertz CT molecular complexity index is 1750. The van der Waals surface area contributed by atoms with Crippen molar-refractivity contribution in [3.8, 4) is 11.1 Å². The number of likely N-dealkylation sites (N-methyl/N-ethyl adjacent to an activating group) is 1. The second-order valence-corrected chi connectivity index (χ2v) is 12.0. The number of hydrogen-bond acceptors (Lipinski definition) is 6. The third-order valence-electron chi connectivity index (χ3n) is 9.07. The Hall–Kier alpha value is -4.23. The summed E-state index contributed by atoms with van der Waals surface area (Å²) in [5.41, 5.74) is 7.22. The van der Waals surface area contributed by atoms with Gasteiger partial charge in [0.25, 0.3) is 0 Å². The lowest BCUT2D eigenvalue weighted by Crippen LogP contribution is -2.60. The zero-order valence-corrected chi connectivity index (χ0v) is 24.0. The van der Waals surface area contributed by atoms with Crippen LogP contribution in [0.2, 0.25) is 0 Å². The Balaban J connectivity index is 1.07. The predicted octanol–water partition coefficient (Wildman–Crippen LogP) is 6.10. The smallest absolute Gasteiger partial charge is 0.383 e. The monoisotopic (exact) mass is 608 g/mol. The second kappa shape index (κ2) is 10.7. The van der Waals surface area contributed by atoms with E-state index in [-0.39, 0.29) is 35.3 Å². The van der Waals surface area contributed by atoms with E-state index in [0.29, 0.717) is 34.2 Å². The number of nitrogen functional groups attached to an aromatic ring is 1. The number of aromatic nitrogens is 3. The molecule has 5 heterocycles. The van der Waals surface area contributed by atoms with Crippen LogP contribution < -0.4 is 16.4 Å². The quantitative estimate of drug-likeness (QED) is 0.229. The number of halogens is 4. The standard InChI is InChI=1S/C31H32F4N8O/c1-41-13-22-8-7-21(41)14-42(22)12-18-2-4-19(11-24(18)31(33,34)35)39-30(44)40-26-9-3-17(10-25(26)32)23-15-43(20-5-6-20)29-27(23)28(36)37-16-38-29/h2-4,9-11,15-16,20-22H,5-8,12-14H2,1H3,(H2,36,37,38)(H2,39,40,44). The number of alkyl halides is 3. The summed E-state index contributed by atoms with van der Waals surface area (Å²) in [4.78, 5) is 25.6. The van der Waals surface area contributed by atoms with Crippen molar-refractivity contribution in [2.75, 3.05) is 36.5 Å². The van der Waals surface area contributed by atoms with Gasteiger partial charge in [0.15, 0.2) is 0 Å². The van der Waals surface area contributed by atoms with Gasteiger partial charge in [-0.15, -0.1) is 0 Å². The van der Waals surface area contributed by atoms with Crippen LogP contribution >= 0.6 is 0 Å². The first-order valence-electron chi connectivity index (χ1n) is 14.7. The molecule has 13 heteroatoms. The Labute approximate surface area is 251 Å². The van der Waals surface area contributed by atoms with Gasteiger partial charge in [-0.2, -0.15) is 13.2 Å². The number of nitrogens with one attached hydrogen (secondary N) is 2. The number of amides is 2. The molecule has 2 unspecified atom stereocenters. The first-order chi connectivity index (χ1) is 21.0. The van der Waals surface area contributed by atoms with Gasteiger partial charge < -0.3 is 25.8 Å². The van der Waals surface area contributed by atoms with Crippen LogP contribution in [0.1, 0.15) is 42.9 Å². The summed E-state index contributed by atoms with van der Waals surface area (Å²) < 4.78 is 59.5. The number of carbonyl (C=O) groups excluding carboxylic acids is 1. The van der Waals surface area contributed by atoms with Crippen LogP contribution in [0.25, 0.3) is 22.2 Å². The second-order valence-electron chi connectivity index (χ2n) is 12.0. The largest absolute Gasteiger partial charge is 0.416 e. The van der Waals surface area contributed by atoms with Gasteiger partial charge in [-0.3, -0.25) is 4.90 Å². The van der Waals surface area contributed by atoms with Gasteiger partial charge in [-0.1, -0.05) is 12.1 Å². The maximum atomic E-state index is 15.2. The van der Waals surface area contributed by atoms with Gasteiger partial charge in [0, 0.05) is 55.2 Å². The molecule has 230 valence electrons. The molecule has 44 heavy (non-hydrogen) atoms. The van der Waals surface area contributed by atoms with Gasteiger partial charge in [0.1, 0.15) is 23.6 Å². The molecule has 0 radical (unpaired) electrons. The number of fused-ring (bicyclic) bond motifs is 4. The molecular weight excluding hydrogens is 576 g/mol. The van der Waals surface area contributed by atoms with E-state index in [1.165, 1.54) is 30.6 Å². The minimum Gasteiger partial charge on any atom is -0.383 e. The van der Waals surface area contributed by atoms with Crippen molar-refractivity contribution in [1.29, 1.82) is 0 Å². The fraction of sp³-hybridized carbons (Fsp3) is 0.387. The van der Waals surface area contributed by atoms with Gasteiger partial charge in [0.2, 0.25) is 0 Å². The highest BCUT2D eigenvalue weighted by atomic mass is 19.4. The molecule has 3 aliphatic heterocycles. The molecule has 2 aromatic carbocycles. The van der Waals surface area contributed by atoms with Crippen LogP contribution in [0.4, 0.5) is 39.5 Å². The molecule has 1 saturated carbocycles. The number of carbonyl (C=O) groups is 1. The molecule has 2 atom stereocenters. The van der Waals surface area contributed by atoms with Crippen LogP contribution in [-0.2, 0) is 12.7 Å². The summed E-state index contributed by atoms with van der Waals surface area (Å²) in [5.74, 6) is -0.431. The van der Waals surface area contributed by atoms with E-state index in [1.54, 1.807) is 6.07 Å². The van der Waals surface area contributed by atoms with E-state index in [2.05, 4.69) is 37.4 Å². The van der Waals surface area contributed by atoms with Crippen molar-refractivity contribution in [1.82, 2.24) is 24.3 Å². The SMILES string of the molecule is CN1CC2CCC1CN2Cc1ccc(NC(=O)Nc2ccc(-c3cn(C4CC4)c4ncnc(N)c34)cc2F)cc1C(F)(F)F. The van der Waals surface area contributed by atoms with Gasteiger partial charge in [-0.05, 0) is 68.1 Å². The summed E-state index contributed by atoms with van der Waals surface area (Å²) >= 11 is 0. The molecular formula is C31H32F4N8O. The average molecular weight is 609 g/mol. The average Bonchev–Trinajstić information content (AvgIpc) is 3.75. The number of piperidine rings is 2. The van der Waals surface area contributed by atoms with Crippen LogP contribution in [-0.4, -0.2) is 62.6 Å². The highest BCUT2D eigenvalue weighted by Crippen LogP contribution is 2.42. The van der Waals surface area contributed by atoms with Crippen LogP contribution in [0, 0.1) is 5.82 Å². The number of rotatable bonds is 6. The molecule has 8 rings (SSSR count). The summed E-state index contributed by atoms with van der Waals surface area (Å²) in [5, 5.41) is 5.45. The van der Waals surface area contributed by atoms with Crippen LogP contribution in [0.15, 0.2) is 48.9 Å². The highest BCUT2D eigenvalue weighted by Gasteiger charge is 2.39. The molecule has 1 aliphatic carbocycles. The van der Waals surface area contributed by atoms with Crippen molar-refractivity contribution in [3.63, 3.8) is 0 Å². The van der Waals surface area contributed by atoms with E-state index in [0.717, 1.165) is 44.8 Å². The van der Waals surface area contributed by atoms with Crippen molar-refractivity contribution >= 4 is 34.3 Å². The van der Waals surface area contributed by atoms with Gasteiger partial charge in [-0.25, -0.2) is 19.2 Å². The zero-order valence-electron chi connectivity index (χ0n) is 24.0. The summed E-state index contributed by atoms with van der Waals surface area (Å²) in [7, 11) is 2.06. The fourth-order valence-corrected chi connectivity index (χ4v) is 6.62. The Morgan fingerprint density at radius 3 is 2.45 bits per heavy atom. The van der Waals surface area contributed by atoms with E-state index in [9.17, 15) is 18.0 Å². The normalized spacial score (nSPS) is 20.8. The molecule has 4 N–H and O–H groups in total. The maximum Gasteiger partial charge on any atom is 0.416 e. The molecule has 0 spiro atoms. The zero-order chi connectivity index (χ0) is 30.7. The molecule has 2 aromatic heterocycles. The number of urea groups is 1. The van der Waals surface area contributed by atoms with Gasteiger partial charge in [0.05, 0.1) is 16.6 Å². The molecule has 3 saturated heterocycles. The van der Waals surface area contributed by atoms with Gasteiger partial charge >= 0.3 is 12.2 Å². The fourth-order valence-electron chi connectivity index (χ4n) is 6.62. The summed E-state index contributed by atoms with van der Waals surface area (Å²) in [6.07, 6.45) is 2.74. The summed E-state index contributed by atoms with van der Waals surface area (Å²) in [6.45, 7) is 1.76. The van der Waals surface area contributed by atoms with Crippen molar-refractivity contribution in [2.45, 2.75) is 56.5 Å². The lowest BCUT2D eigenvalue weighted by Gasteiger charge is -2.50. The topological polar surface area (TPSA) is 104 Å². The molecule has 4 aliphatic rings. The van der Waals surface area contributed by atoms with Crippen LogP contribution in [0.3, 0.4) is 0 Å². The number of benzene rings is 2. The summed E-state index contributed by atoms with van der Waals surface area (Å²) in [6, 6.07) is 8.12. The number of nitrogens with two attached hydrogens (primary N) is 1. The van der Waals surface area contributed by atoms with Crippen LogP contribution in [0.5, 0.6) is 0 Å². The highest BCUT2D eigenvalue weighted by molar-refractivity contribution is 6.02. The Kier molecular flexibility index (Phi) is 6.96. The van der Waals surface area contributed by atoms with E-state index < -0.39 is 23.6 Å². The number of nitrogens with zero attached hydrogens (tertiary/aromatic N) is 5. The molecule has 4 fully saturated rings. The third-order valence-corrected chi connectivity index (χ3v) is 9.07. The number of hydrogen-bond donors (Lipinski definition) is 3. The van der Waals surface area contributed by atoms with Crippen molar-refractivity contribution in [3.05, 3.63) is 65.9 Å². The third kappa shape index (κ3) is 5.34. The molecule has 2 amide bonds. The van der Waals surface area contributed by atoms with E-state index in [1.807, 2.05) is 10.8 Å². The van der Waals surface area contributed by atoms with Crippen molar-refractivity contribution in [2.24, 2.45) is 0 Å². The molecule has 9 nitrogen and oxygen atoms in total. The molecule has 2 bridgehead atoms. The van der Waals surface area contributed by atoms with E-state index in [4.69, 9.17) is 5.73 Å². The Morgan fingerprint density at radius 1 is 1.00 bits per heavy atom.